The van der Waals surface area contributed by atoms with Crippen LogP contribution in [0, 0.1) is 17.8 Å². The monoisotopic (exact) mass is 1610 g/mol. The second-order valence-electron chi connectivity index (χ2n) is 32.7. The van der Waals surface area contributed by atoms with Crippen molar-refractivity contribution in [3.63, 3.8) is 0 Å². The molecule has 4 heterocycles. The standard InChI is InChI=1S/C35H24O2.C20H18O4.C20H14O2.C12H12O3.C12H14O.C10H10O/c1-3-12-24(13-4-1)35(25-14-5-2-6-15-25)22-21-28-27-20-19-23-11-7-8-16-26(23)31(27)34-32(33(28)37-35)29-17-9-10-18-30(29)36-34;21-19(22)12-15-10-9-13-5-1-3-7-16(13)20(15,23)18-11-14-6-2-4-8-17(14)24-18;21-16-11-13-10-9-12-5-1-2-6-14(12)18(13)20-19(16)15-7-3-4-8-17(15)22-20;13-11(14)7-9-6-5-8-3-1-2-4-10(8)12(9)15;1-2-9-7-8-10-5-3-4-6-11(10)12(9)13;11-10-7-3-5-8-4-1-2-6-9(8)10/h1-18,21-22H,19-20H2;1-8,11,15,23H,9-10,12H2,(H,21,22);1-8,11,21H,9-10H2;1-4,9H,5-7H2,(H,13,14);3-6,9H,2,7-8H2,1H3;1-2,4,6H,3,5,7H2. The molecule has 1 aliphatic heterocycles. The number of phenols is 1. The Kier molecular flexibility index (Phi) is 22.2. The van der Waals surface area contributed by atoms with Gasteiger partial charge in [-0.1, -0.05) is 274 Å². The van der Waals surface area contributed by atoms with E-state index in [0.717, 1.165) is 177 Å². The summed E-state index contributed by atoms with van der Waals surface area (Å²) in [6, 6.07) is 96.8. The third-order valence-electron chi connectivity index (χ3n) is 25.6. The first-order chi connectivity index (χ1) is 59.6. The van der Waals surface area contributed by atoms with Crippen molar-refractivity contribution in [1.29, 1.82) is 0 Å². The number of rotatable bonds is 8. The molecule has 0 saturated carbocycles. The highest BCUT2D eigenvalue weighted by Gasteiger charge is 2.48. The SMILES string of the molecule is C1=CC(c2ccccc2)(c2ccccc2)Oc2c1c1c(c3oc4ccccc4c23)-c2ccccc2CC1.CCC1CCc2ccccc2C1=O.O=C(O)CC1CCc2ccccc2C1(O)c1cc2ccccc2o1.O=C(O)CC1CCc2ccccc2C1=O.O=C1CCCc2ccccc21.Oc1cc2c(c3oc4ccccc4c13)-c1ccccc1CC2. The molecule has 13 aromatic carbocycles. The number of ether oxygens (including phenoxy) is 1. The molecule has 0 amide bonds. The van der Waals surface area contributed by atoms with Crippen LogP contribution >= 0.6 is 0 Å². The van der Waals surface area contributed by atoms with Crippen molar-refractivity contribution in [1.82, 2.24) is 0 Å². The number of aromatic hydroxyl groups is 1. The zero-order valence-corrected chi connectivity index (χ0v) is 67.9. The number of benzene rings is 13. The number of hydrogen-bond acceptors (Lipinski definition) is 11. The van der Waals surface area contributed by atoms with Crippen molar-refractivity contribution in [3.8, 4) is 33.8 Å². The molecule has 122 heavy (non-hydrogen) atoms. The van der Waals surface area contributed by atoms with Crippen LogP contribution in [0.15, 0.2) is 311 Å². The van der Waals surface area contributed by atoms with Gasteiger partial charge in [0, 0.05) is 84.8 Å². The van der Waals surface area contributed by atoms with Crippen LogP contribution in [0.1, 0.15) is 162 Å². The third-order valence-corrected chi connectivity index (χ3v) is 25.6. The van der Waals surface area contributed by atoms with Gasteiger partial charge in [-0.3, -0.25) is 24.0 Å². The van der Waals surface area contributed by atoms with E-state index in [9.17, 15) is 39.3 Å². The van der Waals surface area contributed by atoms with Crippen molar-refractivity contribution in [2.45, 2.75) is 121 Å². The number of para-hydroxylation sites is 3. The second kappa shape index (κ2) is 34.2. The minimum absolute atomic E-state index is 0.0146. The van der Waals surface area contributed by atoms with Crippen molar-refractivity contribution in [2.24, 2.45) is 17.8 Å². The Morgan fingerprint density at radius 2 is 0.885 bits per heavy atom. The summed E-state index contributed by atoms with van der Waals surface area (Å²) in [5.74, 6) is 0.00308. The molecule has 16 aromatic rings. The quantitative estimate of drug-likeness (QED) is 0.112. The van der Waals surface area contributed by atoms with Crippen LogP contribution in [-0.4, -0.2) is 49.7 Å². The zero-order valence-electron chi connectivity index (χ0n) is 67.9. The van der Waals surface area contributed by atoms with Gasteiger partial charge in [-0.05, 0) is 181 Å². The van der Waals surface area contributed by atoms with E-state index in [4.69, 9.17) is 23.1 Å². The minimum Gasteiger partial charge on any atom is -0.507 e. The average molecular weight is 1610 g/mol. The van der Waals surface area contributed by atoms with Gasteiger partial charge in [0.15, 0.2) is 28.6 Å². The summed E-state index contributed by atoms with van der Waals surface area (Å²) in [6.45, 7) is 2.09. The van der Waals surface area contributed by atoms with Crippen LogP contribution in [0.5, 0.6) is 11.5 Å². The number of fused-ring (bicyclic) bond motifs is 22. The van der Waals surface area contributed by atoms with E-state index in [1.54, 1.807) is 6.07 Å². The number of Topliss-reactive ketones (excluding diaryl/α,β-unsaturated/α-hetero) is 3. The lowest BCUT2D eigenvalue weighted by Crippen LogP contribution is -2.41. The fraction of sp³-hybridized carbons (Fsp3) is 0.202. The molecule has 0 fully saturated rings. The molecule has 0 radical (unpaired) electrons. The Balaban J connectivity index is 0.000000105. The number of carbonyl (C=O) groups is 5. The molecule has 13 heteroatoms. The van der Waals surface area contributed by atoms with Gasteiger partial charge in [-0.2, -0.15) is 0 Å². The summed E-state index contributed by atoms with van der Waals surface area (Å²) in [4.78, 5) is 56.9. The maximum Gasteiger partial charge on any atom is 0.304 e. The van der Waals surface area contributed by atoms with Crippen molar-refractivity contribution >= 4 is 90.2 Å². The molecule has 23 rings (SSSR count). The molecule has 0 saturated heterocycles. The van der Waals surface area contributed by atoms with Gasteiger partial charge in [0.2, 0.25) is 0 Å². The minimum atomic E-state index is -1.42. The summed E-state index contributed by atoms with van der Waals surface area (Å²) in [5, 5.41) is 45.0. The molecule has 606 valence electrons. The number of carboxylic acids is 2. The van der Waals surface area contributed by atoms with Crippen molar-refractivity contribution in [2.75, 3.05) is 0 Å². The van der Waals surface area contributed by atoms with Gasteiger partial charge in [0.1, 0.15) is 45.2 Å². The number of aliphatic hydroxyl groups is 1. The summed E-state index contributed by atoms with van der Waals surface area (Å²) in [5.41, 5.74) is 23.3. The molecule has 4 atom stereocenters. The average Bonchev–Trinajstić information content (AvgIpc) is 1.37. The van der Waals surface area contributed by atoms with Crippen LogP contribution in [0.3, 0.4) is 0 Å². The van der Waals surface area contributed by atoms with Gasteiger partial charge in [0.25, 0.3) is 0 Å². The fourth-order valence-corrected chi connectivity index (χ4v) is 19.5. The molecule has 0 spiro atoms. The summed E-state index contributed by atoms with van der Waals surface area (Å²) in [7, 11) is 0. The Morgan fingerprint density at radius 1 is 0.418 bits per heavy atom. The van der Waals surface area contributed by atoms with Gasteiger partial charge in [0.05, 0.1) is 23.6 Å². The number of hydrogen-bond donors (Lipinski definition) is 4. The summed E-state index contributed by atoms with van der Waals surface area (Å²) < 4.78 is 26.0. The topological polar surface area (TPSA) is 215 Å². The number of phenolic OH excluding ortho intramolecular Hbond substituents is 1. The lowest BCUT2D eigenvalue weighted by molar-refractivity contribution is -0.141. The number of aliphatic carboxylic acids is 2. The smallest absolute Gasteiger partial charge is 0.304 e. The third kappa shape index (κ3) is 15.1. The Morgan fingerprint density at radius 3 is 1.48 bits per heavy atom. The van der Waals surface area contributed by atoms with Gasteiger partial charge >= 0.3 is 11.9 Å². The molecule has 4 unspecified atom stereocenters. The Bertz CT molecular complexity index is 6660. The molecular formula is C109H92O13. The largest absolute Gasteiger partial charge is 0.507 e. The van der Waals surface area contributed by atoms with Crippen molar-refractivity contribution in [3.05, 3.63) is 386 Å². The van der Waals surface area contributed by atoms with E-state index >= 15 is 0 Å². The highest BCUT2D eigenvalue weighted by atomic mass is 16.5. The van der Waals surface area contributed by atoms with Crippen LogP contribution in [0.25, 0.3) is 83.2 Å². The summed E-state index contributed by atoms with van der Waals surface area (Å²) >= 11 is 0. The molecule has 6 aliphatic carbocycles. The first kappa shape index (κ1) is 79.4. The maximum atomic E-state index is 11.9. The number of carboxylic acid groups (broad SMARTS) is 2. The van der Waals surface area contributed by atoms with E-state index in [0.29, 0.717) is 47.1 Å². The Labute approximate surface area is 707 Å². The highest BCUT2D eigenvalue weighted by molar-refractivity contribution is 6.17. The molecule has 3 aromatic heterocycles. The molecule has 0 bridgehead atoms. The van der Waals surface area contributed by atoms with E-state index in [-0.39, 0.29) is 30.5 Å². The zero-order chi connectivity index (χ0) is 83.6. The maximum absolute atomic E-state index is 11.9. The van der Waals surface area contributed by atoms with Crippen molar-refractivity contribution < 1.29 is 62.4 Å². The molecule has 7 aliphatic rings. The second-order valence-corrected chi connectivity index (χ2v) is 32.7. The highest BCUT2D eigenvalue weighted by Crippen LogP contribution is 2.55. The summed E-state index contributed by atoms with van der Waals surface area (Å²) in [6.07, 6.45) is 17.1. The van der Waals surface area contributed by atoms with E-state index in [1.165, 1.54) is 55.6 Å². The van der Waals surface area contributed by atoms with Gasteiger partial charge in [-0.25, -0.2) is 0 Å². The molecule has 4 N–H and O–H groups in total. The van der Waals surface area contributed by atoms with Crippen LogP contribution in [0.2, 0.25) is 0 Å². The fourth-order valence-electron chi connectivity index (χ4n) is 19.5. The van der Waals surface area contributed by atoms with Crippen LogP contribution < -0.4 is 4.74 Å². The van der Waals surface area contributed by atoms with E-state index < -0.39 is 29.1 Å². The number of furan rings is 3. The van der Waals surface area contributed by atoms with Crippen LogP contribution in [0.4, 0.5) is 0 Å². The van der Waals surface area contributed by atoms with E-state index in [1.807, 2.05) is 152 Å². The number of ketones is 3. The first-order valence-corrected chi connectivity index (χ1v) is 42.5. The number of aryl methyl sites for hydroxylation is 7. The van der Waals surface area contributed by atoms with Gasteiger partial charge < -0.3 is 38.4 Å². The predicted octanol–water partition coefficient (Wildman–Crippen LogP) is 24.4. The van der Waals surface area contributed by atoms with E-state index in [2.05, 4.69) is 153 Å². The normalized spacial score (nSPS) is 17.7. The molecular weight excluding hydrogens is 1520 g/mol. The first-order valence-electron chi connectivity index (χ1n) is 42.5. The Hall–Kier alpha value is -13.8. The molecule has 13 nitrogen and oxygen atoms in total. The van der Waals surface area contributed by atoms with Crippen LogP contribution in [-0.2, 0) is 72.2 Å². The lowest BCUT2D eigenvalue weighted by Gasteiger charge is -2.39. The van der Waals surface area contributed by atoms with Gasteiger partial charge in [-0.15, -0.1) is 0 Å². The number of carbonyl (C=O) groups excluding carboxylic acids is 3. The predicted molar refractivity (Wildman–Crippen MR) is 479 cm³/mol. The lowest BCUT2D eigenvalue weighted by atomic mass is 9.69.